The van der Waals surface area contributed by atoms with Gasteiger partial charge in [0.05, 0.1) is 26.4 Å². The molecule has 0 aromatic carbocycles. The molecule has 3 N–H and O–H groups in total. The SMILES string of the molecule is CCCCCCCCCCCCCCCCCCCCCC(=O)O[C@H](COC(=O)CCCCCCCCCCCCCCCCCCCC)COP(=O)(O)OC[C@@H](O)COP(=O)(O)OC[C@@H](COC(=O)CCCCCCCCCCCCCC)OC(=O)CCCCCCCCCCCCCCCCCCC. The first-order valence-corrected chi connectivity index (χ1v) is 48.3. The Morgan fingerprint density at radius 2 is 0.377 bits per heavy atom. The molecule has 630 valence electrons. The summed E-state index contributed by atoms with van der Waals surface area (Å²) in [5.74, 6) is -2.09. The summed E-state index contributed by atoms with van der Waals surface area (Å²) in [5.41, 5.74) is 0. The molecule has 0 fully saturated rings. The van der Waals surface area contributed by atoms with Gasteiger partial charge in [0.1, 0.15) is 19.3 Å². The average molecular weight is 1550 g/mol. The monoisotopic (exact) mass is 1550 g/mol. The molecule has 17 nitrogen and oxygen atoms in total. The first-order valence-electron chi connectivity index (χ1n) is 45.3. The lowest BCUT2D eigenvalue weighted by Gasteiger charge is -2.21. The summed E-state index contributed by atoms with van der Waals surface area (Å²) in [6.07, 6.45) is 76.3. The number of aliphatic hydroxyl groups is 1. The minimum atomic E-state index is -4.97. The van der Waals surface area contributed by atoms with E-state index in [9.17, 15) is 43.2 Å². The molecule has 0 rings (SSSR count). The molecule has 0 aliphatic rings. The van der Waals surface area contributed by atoms with Gasteiger partial charge in [0.15, 0.2) is 12.2 Å². The maximum atomic E-state index is 13.2. The zero-order chi connectivity index (χ0) is 77.4. The van der Waals surface area contributed by atoms with Gasteiger partial charge in [-0.05, 0) is 25.7 Å². The van der Waals surface area contributed by atoms with Crippen molar-refractivity contribution in [2.45, 2.75) is 495 Å². The molecule has 0 bridgehead atoms. The van der Waals surface area contributed by atoms with E-state index in [1.54, 1.807) is 0 Å². The van der Waals surface area contributed by atoms with E-state index in [-0.39, 0.29) is 25.7 Å². The van der Waals surface area contributed by atoms with E-state index in [1.807, 2.05) is 0 Å². The Hall–Kier alpha value is -1.94. The van der Waals surface area contributed by atoms with Crippen molar-refractivity contribution in [3.63, 3.8) is 0 Å². The van der Waals surface area contributed by atoms with Gasteiger partial charge < -0.3 is 33.8 Å². The molecule has 0 aliphatic heterocycles. The van der Waals surface area contributed by atoms with Crippen molar-refractivity contribution in [3.05, 3.63) is 0 Å². The number of phosphoric acid groups is 2. The molecule has 0 saturated heterocycles. The van der Waals surface area contributed by atoms with E-state index in [4.69, 9.17) is 37.0 Å². The Morgan fingerprint density at radius 1 is 0.226 bits per heavy atom. The van der Waals surface area contributed by atoms with Crippen LogP contribution in [0, 0.1) is 0 Å². The smallest absolute Gasteiger partial charge is 0.462 e. The number of unbranched alkanes of at least 4 members (excludes halogenated alkanes) is 62. The number of hydrogen-bond acceptors (Lipinski definition) is 15. The summed E-state index contributed by atoms with van der Waals surface area (Å²) in [5, 5.41) is 10.7. The lowest BCUT2D eigenvalue weighted by Crippen LogP contribution is -2.30. The van der Waals surface area contributed by atoms with Gasteiger partial charge in [-0.25, -0.2) is 9.13 Å². The first kappa shape index (κ1) is 104. The molecule has 2 unspecified atom stereocenters. The van der Waals surface area contributed by atoms with E-state index in [2.05, 4.69) is 27.7 Å². The summed E-state index contributed by atoms with van der Waals surface area (Å²) in [6, 6.07) is 0. The van der Waals surface area contributed by atoms with Crippen LogP contribution in [0.1, 0.15) is 477 Å². The van der Waals surface area contributed by atoms with Gasteiger partial charge in [0.2, 0.25) is 0 Å². The van der Waals surface area contributed by atoms with E-state index in [1.165, 1.54) is 308 Å². The number of esters is 4. The second kappa shape index (κ2) is 81.1. The molecule has 0 radical (unpaired) electrons. The molecule has 0 aromatic rings. The van der Waals surface area contributed by atoms with Gasteiger partial charge in [-0.2, -0.15) is 0 Å². The molecule has 0 amide bonds. The maximum Gasteiger partial charge on any atom is 0.472 e. The second-order valence-electron chi connectivity index (χ2n) is 31.3. The van der Waals surface area contributed by atoms with Crippen LogP contribution in [0.2, 0.25) is 0 Å². The average Bonchev–Trinajstić information content (AvgIpc) is 0.901. The van der Waals surface area contributed by atoms with Crippen molar-refractivity contribution >= 4 is 39.5 Å². The fourth-order valence-electron chi connectivity index (χ4n) is 13.7. The fraction of sp³-hybridized carbons (Fsp3) is 0.954. The van der Waals surface area contributed by atoms with Crippen LogP contribution in [0.4, 0.5) is 0 Å². The molecule has 0 spiro atoms. The number of hydrogen-bond donors (Lipinski definition) is 3. The Kier molecular flexibility index (Phi) is 79.6. The van der Waals surface area contributed by atoms with Gasteiger partial charge in [-0.1, -0.05) is 426 Å². The Morgan fingerprint density at radius 3 is 0.557 bits per heavy atom. The molecule has 106 heavy (non-hydrogen) atoms. The standard InChI is InChI=1S/C87H170O17P2/c1-5-9-13-17-21-25-29-33-36-39-41-44-47-50-54-58-62-66-70-74-87(92)104-83(78-98-85(90)72-68-64-60-56-52-48-45-43-40-37-34-30-26-22-18-14-10-6-2)80-102-106(95,96)100-76-81(88)75-99-105(93,94)101-79-82(77-97-84(89)71-67-63-59-55-51-32-28-24-20-16-12-8-4)103-86(91)73-69-65-61-57-53-49-46-42-38-35-31-27-23-19-15-11-7-3/h81-83,88H,5-80H2,1-4H3,(H,93,94)(H,95,96)/t81-,82+,83+/m0/s1. The molecule has 0 aromatic heterocycles. The van der Waals surface area contributed by atoms with E-state index in [0.29, 0.717) is 25.7 Å². The zero-order valence-corrected chi connectivity index (χ0v) is 71.2. The minimum absolute atomic E-state index is 0.110. The van der Waals surface area contributed by atoms with Crippen molar-refractivity contribution in [2.24, 2.45) is 0 Å². The molecule has 0 saturated carbocycles. The summed E-state index contributed by atoms with van der Waals surface area (Å²) in [4.78, 5) is 73.3. The highest BCUT2D eigenvalue weighted by molar-refractivity contribution is 7.47. The number of rotatable bonds is 88. The third kappa shape index (κ3) is 80.1. The molecule has 0 aliphatic carbocycles. The third-order valence-electron chi connectivity index (χ3n) is 20.6. The van der Waals surface area contributed by atoms with Crippen LogP contribution in [0.15, 0.2) is 0 Å². The van der Waals surface area contributed by atoms with Crippen LogP contribution in [0.3, 0.4) is 0 Å². The highest BCUT2D eigenvalue weighted by Gasteiger charge is 2.30. The highest BCUT2D eigenvalue weighted by Crippen LogP contribution is 2.45. The Balaban J connectivity index is 5.25. The van der Waals surface area contributed by atoms with Crippen LogP contribution in [-0.4, -0.2) is 96.7 Å². The van der Waals surface area contributed by atoms with Crippen LogP contribution in [0.5, 0.6) is 0 Å². The van der Waals surface area contributed by atoms with Crippen LogP contribution in [0.25, 0.3) is 0 Å². The predicted molar refractivity (Wildman–Crippen MR) is 437 cm³/mol. The van der Waals surface area contributed by atoms with Crippen molar-refractivity contribution in [1.82, 2.24) is 0 Å². The molecular weight excluding hydrogens is 1380 g/mol. The largest absolute Gasteiger partial charge is 0.472 e. The van der Waals surface area contributed by atoms with E-state index < -0.39 is 97.5 Å². The zero-order valence-electron chi connectivity index (χ0n) is 69.4. The predicted octanol–water partition coefficient (Wildman–Crippen LogP) is 26.9. The molecule has 5 atom stereocenters. The summed E-state index contributed by atoms with van der Waals surface area (Å²) >= 11 is 0. The van der Waals surface area contributed by atoms with Crippen molar-refractivity contribution in [1.29, 1.82) is 0 Å². The first-order chi connectivity index (χ1) is 51.7. The van der Waals surface area contributed by atoms with Crippen molar-refractivity contribution < 1.29 is 80.2 Å². The molecular formula is C87H170O17P2. The van der Waals surface area contributed by atoms with E-state index >= 15 is 0 Å². The van der Waals surface area contributed by atoms with Crippen LogP contribution >= 0.6 is 15.6 Å². The quantitative estimate of drug-likeness (QED) is 0.0222. The number of carbonyl (C=O) groups excluding carboxylic acids is 4. The summed E-state index contributed by atoms with van der Waals surface area (Å²) in [6.45, 7) is 5.07. The summed E-state index contributed by atoms with van der Waals surface area (Å²) in [7, 11) is -9.93. The third-order valence-corrected chi connectivity index (χ3v) is 22.5. The van der Waals surface area contributed by atoms with Gasteiger partial charge >= 0.3 is 39.5 Å². The Bertz CT molecular complexity index is 2000. The van der Waals surface area contributed by atoms with Crippen LogP contribution in [-0.2, 0) is 65.4 Å². The number of phosphoric ester groups is 2. The van der Waals surface area contributed by atoms with Gasteiger partial charge in [0.25, 0.3) is 0 Å². The minimum Gasteiger partial charge on any atom is -0.462 e. The second-order valence-corrected chi connectivity index (χ2v) is 34.2. The topological polar surface area (TPSA) is 237 Å². The fourth-order valence-corrected chi connectivity index (χ4v) is 15.3. The molecule has 0 heterocycles. The lowest BCUT2D eigenvalue weighted by molar-refractivity contribution is -0.161. The highest BCUT2D eigenvalue weighted by atomic mass is 31.2. The van der Waals surface area contributed by atoms with Gasteiger partial charge in [0, 0.05) is 25.7 Å². The Labute approximate surface area is 651 Å². The normalized spacial score (nSPS) is 13.7. The lowest BCUT2D eigenvalue weighted by atomic mass is 10.0. The van der Waals surface area contributed by atoms with Crippen molar-refractivity contribution in [3.8, 4) is 0 Å². The number of carbonyl (C=O) groups is 4. The van der Waals surface area contributed by atoms with E-state index in [0.717, 1.165) is 89.9 Å². The van der Waals surface area contributed by atoms with Crippen molar-refractivity contribution in [2.75, 3.05) is 39.6 Å². The van der Waals surface area contributed by atoms with Crippen LogP contribution < -0.4 is 0 Å². The van der Waals surface area contributed by atoms with Gasteiger partial charge in [-0.15, -0.1) is 0 Å². The summed E-state index contributed by atoms with van der Waals surface area (Å²) < 4.78 is 69.0. The maximum absolute atomic E-state index is 13.2. The van der Waals surface area contributed by atoms with Gasteiger partial charge in [-0.3, -0.25) is 37.3 Å². The molecule has 19 heteroatoms. The number of ether oxygens (including phenoxy) is 4. The number of aliphatic hydroxyl groups excluding tert-OH is 1.